The second-order valence-corrected chi connectivity index (χ2v) is 4.89. The van der Waals surface area contributed by atoms with E-state index in [9.17, 15) is 0 Å². The van der Waals surface area contributed by atoms with Gasteiger partial charge in [-0.15, -0.1) is 0 Å². The molecule has 1 aromatic heterocycles. The molecule has 2 aromatic rings. The molecule has 0 spiro atoms. The van der Waals surface area contributed by atoms with Crippen LogP contribution in [0.15, 0.2) is 34.9 Å². The maximum absolute atomic E-state index is 5.63. The summed E-state index contributed by atoms with van der Waals surface area (Å²) in [5, 5.41) is 0. The molecule has 3 rings (SSSR count). The van der Waals surface area contributed by atoms with Crippen LogP contribution in [0.3, 0.4) is 0 Å². The fraction of sp³-hybridized carbons (Fsp3) is 0.154. The van der Waals surface area contributed by atoms with E-state index in [1.165, 1.54) is 0 Å². The lowest BCUT2D eigenvalue weighted by atomic mass is 10.2. The first kappa shape index (κ1) is 12.1. The van der Waals surface area contributed by atoms with Gasteiger partial charge in [-0.05, 0) is 39.7 Å². The molecule has 0 bridgehead atoms. The van der Waals surface area contributed by atoms with E-state index in [1.807, 2.05) is 18.2 Å². The monoisotopic (exact) mass is 322 g/mol. The van der Waals surface area contributed by atoms with Gasteiger partial charge in [0.1, 0.15) is 6.61 Å². The van der Waals surface area contributed by atoms with Crippen molar-refractivity contribution in [3.8, 4) is 17.4 Å². The average Bonchev–Trinajstić information content (AvgIpc) is 2.85. The van der Waals surface area contributed by atoms with Crippen molar-refractivity contribution in [2.45, 2.75) is 6.61 Å². The lowest BCUT2D eigenvalue weighted by Crippen LogP contribution is -1.99. The molecular formula is C13H11BrN2O3. The first-order valence-electron chi connectivity index (χ1n) is 5.65. The maximum Gasteiger partial charge on any atom is 0.231 e. The van der Waals surface area contributed by atoms with Gasteiger partial charge in [0, 0.05) is 0 Å². The van der Waals surface area contributed by atoms with Crippen LogP contribution >= 0.6 is 15.9 Å². The Morgan fingerprint density at radius 3 is 2.95 bits per heavy atom. The topological polar surface area (TPSA) is 66.6 Å². The summed E-state index contributed by atoms with van der Waals surface area (Å²) < 4.78 is 16.9. The number of nitrogens with two attached hydrogens (primary N) is 1. The SMILES string of the molecule is Nc1cnc(OCc2ccc3c(c2)OCO3)c(Br)c1. The summed E-state index contributed by atoms with van der Waals surface area (Å²) in [5.41, 5.74) is 7.18. The molecule has 1 aliphatic rings. The van der Waals surface area contributed by atoms with Gasteiger partial charge in [0.05, 0.1) is 16.4 Å². The molecule has 0 amide bonds. The second-order valence-electron chi connectivity index (χ2n) is 4.03. The van der Waals surface area contributed by atoms with Gasteiger partial charge < -0.3 is 19.9 Å². The van der Waals surface area contributed by atoms with E-state index in [0.29, 0.717) is 18.2 Å². The first-order valence-corrected chi connectivity index (χ1v) is 6.44. The molecule has 1 aliphatic heterocycles. The Labute approximate surface area is 118 Å². The van der Waals surface area contributed by atoms with Crippen molar-refractivity contribution in [1.29, 1.82) is 0 Å². The Balaban J connectivity index is 1.72. The van der Waals surface area contributed by atoms with E-state index in [2.05, 4.69) is 20.9 Å². The highest BCUT2D eigenvalue weighted by molar-refractivity contribution is 9.10. The standard InChI is InChI=1S/C13H11BrN2O3/c14-10-4-9(15)5-16-13(10)17-6-8-1-2-11-12(3-8)19-7-18-11/h1-5H,6-7,15H2. The van der Waals surface area contributed by atoms with Gasteiger partial charge in [0.25, 0.3) is 0 Å². The van der Waals surface area contributed by atoms with E-state index in [0.717, 1.165) is 21.5 Å². The molecule has 1 aromatic carbocycles. The quantitative estimate of drug-likeness (QED) is 0.941. The first-order chi connectivity index (χ1) is 9.22. The molecule has 19 heavy (non-hydrogen) atoms. The Morgan fingerprint density at radius 2 is 2.11 bits per heavy atom. The molecule has 0 fully saturated rings. The molecule has 2 heterocycles. The van der Waals surface area contributed by atoms with Gasteiger partial charge in [-0.25, -0.2) is 4.98 Å². The lowest BCUT2D eigenvalue weighted by Gasteiger charge is -2.08. The van der Waals surface area contributed by atoms with Gasteiger partial charge in [-0.3, -0.25) is 0 Å². The number of hydrogen-bond acceptors (Lipinski definition) is 5. The number of halogens is 1. The summed E-state index contributed by atoms with van der Waals surface area (Å²) in [6.45, 7) is 0.664. The van der Waals surface area contributed by atoms with Crippen molar-refractivity contribution in [3.05, 3.63) is 40.5 Å². The zero-order valence-corrected chi connectivity index (χ0v) is 11.5. The van der Waals surface area contributed by atoms with Gasteiger partial charge in [-0.1, -0.05) is 6.07 Å². The number of rotatable bonds is 3. The molecule has 0 radical (unpaired) electrons. The minimum absolute atomic E-state index is 0.269. The van der Waals surface area contributed by atoms with E-state index < -0.39 is 0 Å². The average molecular weight is 323 g/mol. The Hall–Kier alpha value is -1.95. The summed E-state index contributed by atoms with van der Waals surface area (Å²) >= 11 is 3.36. The Kier molecular flexibility index (Phi) is 3.16. The molecule has 0 aliphatic carbocycles. The lowest BCUT2D eigenvalue weighted by molar-refractivity contribution is 0.174. The van der Waals surface area contributed by atoms with Crippen molar-refractivity contribution < 1.29 is 14.2 Å². The number of nitrogens with zero attached hydrogens (tertiary/aromatic N) is 1. The number of hydrogen-bond donors (Lipinski definition) is 1. The van der Waals surface area contributed by atoms with Crippen LogP contribution in [0.5, 0.6) is 17.4 Å². The third-order valence-corrected chi connectivity index (χ3v) is 3.21. The van der Waals surface area contributed by atoms with Crippen molar-refractivity contribution in [1.82, 2.24) is 4.98 Å². The second kappa shape index (κ2) is 4.97. The number of nitrogen functional groups attached to an aromatic ring is 1. The smallest absolute Gasteiger partial charge is 0.231 e. The minimum atomic E-state index is 0.269. The normalized spacial score (nSPS) is 12.5. The number of pyridine rings is 1. The van der Waals surface area contributed by atoms with Gasteiger partial charge >= 0.3 is 0 Å². The van der Waals surface area contributed by atoms with E-state index >= 15 is 0 Å². The summed E-state index contributed by atoms with van der Waals surface area (Å²) in [4.78, 5) is 4.12. The zero-order valence-electron chi connectivity index (χ0n) is 9.93. The number of ether oxygens (including phenoxy) is 3. The highest BCUT2D eigenvalue weighted by Crippen LogP contribution is 2.33. The van der Waals surface area contributed by atoms with Gasteiger partial charge in [0.15, 0.2) is 11.5 Å². The van der Waals surface area contributed by atoms with E-state index in [-0.39, 0.29) is 6.79 Å². The maximum atomic E-state index is 5.63. The number of anilines is 1. The number of aromatic nitrogens is 1. The molecule has 98 valence electrons. The highest BCUT2D eigenvalue weighted by Gasteiger charge is 2.13. The van der Waals surface area contributed by atoms with Crippen LogP contribution in [0.25, 0.3) is 0 Å². The van der Waals surface area contributed by atoms with Crippen LogP contribution < -0.4 is 19.9 Å². The van der Waals surface area contributed by atoms with Gasteiger partial charge in [0.2, 0.25) is 12.7 Å². The van der Waals surface area contributed by atoms with Crippen molar-refractivity contribution in [2.75, 3.05) is 12.5 Å². The molecule has 0 saturated heterocycles. The highest BCUT2D eigenvalue weighted by atomic mass is 79.9. The summed E-state index contributed by atoms with van der Waals surface area (Å²) in [5.74, 6) is 2.01. The van der Waals surface area contributed by atoms with Crippen LogP contribution in [0.1, 0.15) is 5.56 Å². The molecular weight excluding hydrogens is 312 g/mol. The third kappa shape index (κ3) is 2.58. The molecule has 6 heteroatoms. The predicted octanol–water partition coefficient (Wildman–Crippen LogP) is 2.73. The van der Waals surface area contributed by atoms with E-state index in [1.54, 1.807) is 12.3 Å². The van der Waals surface area contributed by atoms with Crippen molar-refractivity contribution in [3.63, 3.8) is 0 Å². The molecule has 0 saturated carbocycles. The predicted molar refractivity (Wildman–Crippen MR) is 73.2 cm³/mol. The van der Waals surface area contributed by atoms with Crippen LogP contribution in [0.4, 0.5) is 5.69 Å². The number of fused-ring (bicyclic) bond motifs is 1. The van der Waals surface area contributed by atoms with Crippen LogP contribution in [0.2, 0.25) is 0 Å². The zero-order chi connectivity index (χ0) is 13.2. The van der Waals surface area contributed by atoms with Gasteiger partial charge in [-0.2, -0.15) is 0 Å². The fourth-order valence-electron chi connectivity index (χ4n) is 1.73. The van der Waals surface area contributed by atoms with Crippen LogP contribution in [-0.2, 0) is 6.61 Å². The summed E-state index contributed by atoms with van der Waals surface area (Å²) in [7, 11) is 0. The molecule has 5 nitrogen and oxygen atoms in total. The Morgan fingerprint density at radius 1 is 1.26 bits per heavy atom. The molecule has 0 unspecified atom stereocenters. The fourth-order valence-corrected chi connectivity index (χ4v) is 2.21. The number of benzene rings is 1. The van der Waals surface area contributed by atoms with E-state index in [4.69, 9.17) is 19.9 Å². The third-order valence-electron chi connectivity index (χ3n) is 2.64. The van der Waals surface area contributed by atoms with Crippen LogP contribution in [0, 0.1) is 0 Å². The molecule has 0 atom stereocenters. The molecule has 2 N–H and O–H groups in total. The Bertz CT molecular complexity index is 619. The largest absolute Gasteiger partial charge is 0.472 e. The minimum Gasteiger partial charge on any atom is -0.472 e. The van der Waals surface area contributed by atoms with Crippen LogP contribution in [-0.4, -0.2) is 11.8 Å². The van der Waals surface area contributed by atoms with Crippen molar-refractivity contribution in [2.24, 2.45) is 0 Å². The van der Waals surface area contributed by atoms with Crippen molar-refractivity contribution >= 4 is 21.6 Å². The summed E-state index contributed by atoms with van der Waals surface area (Å²) in [6, 6.07) is 7.45. The summed E-state index contributed by atoms with van der Waals surface area (Å²) in [6.07, 6.45) is 1.56.